The fourth-order valence-electron chi connectivity index (χ4n) is 2.11. The number of ether oxygens (including phenoxy) is 1. The average molecular weight is 349 g/mol. The number of para-hydroxylation sites is 1. The first-order chi connectivity index (χ1) is 11.6. The zero-order valence-corrected chi connectivity index (χ0v) is 14.2. The minimum Gasteiger partial charge on any atom is -0.389 e. The maximum Gasteiger partial charge on any atom is 0.321 e. The Bertz CT molecular complexity index is 652. The van der Waals surface area contributed by atoms with Crippen molar-refractivity contribution in [2.75, 3.05) is 25.5 Å². The summed E-state index contributed by atoms with van der Waals surface area (Å²) in [5.41, 5.74) is 1.57. The Hall–Kier alpha value is -2.08. The second-order valence-corrected chi connectivity index (χ2v) is 5.85. The predicted octanol–water partition coefficient (Wildman–Crippen LogP) is 3.38. The summed E-state index contributed by atoms with van der Waals surface area (Å²) in [7, 11) is 1.60. The van der Waals surface area contributed by atoms with Crippen molar-refractivity contribution in [2.24, 2.45) is 0 Å². The Morgan fingerprint density at radius 1 is 1.21 bits per heavy atom. The summed E-state index contributed by atoms with van der Waals surface area (Å²) in [5.74, 6) is 0. The Labute approximate surface area is 146 Å². The summed E-state index contributed by atoms with van der Waals surface area (Å²) in [4.78, 5) is 13.5. The van der Waals surface area contributed by atoms with Crippen molar-refractivity contribution < 1.29 is 14.6 Å². The number of aliphatic hydroxyl groups is 1. The van der Waals surface area contributed by atoms with E-state index in [0.717, 1.165) is 5.56 Å². The predicted molar refractivity (Wildman–Crippen MR) is 95.2 cm³/mol. The van der Waals surface area contributed by atoms with E-state index in [-0.39, 0.29) is 19.2 Å². The molecule has 2 amide bonds. The summed E-state index contributed by atoms with van der Waals surface area (Å²) in [6.07, 6.45) is -0.768. The molecule has 2 aromatic rings. The minimum absolute atomic E-state index is 0.151. The SMILES string of the molecule is CN(C[C@@H](O)COCc1ccccc1)C(=O)Nc1ccccc1Cl. The summed E-state index contributed by atoms with van der Waals surface area (Å²) in [6.45, 7) is 0.733. The lowest BCUT2D eigenvalue weighted by atomic mass is 10.2. The quantitative estimate of drug-likeness (QED) is 0.806. The second kappa shape index (κ2) is 9.27. The molecule has 0 fully saturated rings. The van der Waals surface area contributed by atoms with Crippen molar-refractivity contribution in [3.63, 3.8) is 0 Å². The number of halogens is 1. The summed E-state index contributed by atoms with van der Waals surface area (Å²) in [6, 6.07) is 16.4. The molecule has 0 aliphatic heterocycles. The number of benzene rings is 2. The van der Waals surface area contributed by atoms with Crippen LogP contribution in [0.2, 0.25) is 5.02 Å². The number of aliphatic hydroxyl groups excluding tert-OH is 1. The van der Waals surface area contributed by atoms with Crippen LogP contribution < -0.4 is 5.32 Å². The number of urea groups is 1. The number of likely N-dealkylation sites (N-methyl/N-ethyl adjacent to an activating group) is 1. The molecule has 24 heavy (non-hydrogen) atoms. The highest BCUT2D eigenvalue weighted by Crippen LogP contribution is 2.20. The number of amides is 2. The molecule has 0 radical (unpaired) electrons. The van der Waals surface area contributed by atoms with Crippen LogP contribution in [-0.4, -0.2) is 42.3 Å². The standard InChI is InChI=1S/C18H21ClN2O3/c1-21(18(23)20-17-10-6-5-9-16(17)19)11-15(22)13-24-12-14-7-3-2-4-8-14/h2-10,15,22H,11-13H2,1H3,(H,20,23)/t15-/m1/s1. The van der Waals surface area contributed by atoms with E-state index in [2.05, 4.69) is 5.32 Å². The Morgan fingerprint density at radius 2 is 1.88 bits per heavy atom. The molecule has 0 aromatic heterocycles. The van der Waals surface area contributed by atoms with Crippen molar-refractivity contribution in [3.8, 4) is 0 Å². The van der Waals surface area contributed by atoms with E-state index in [0.29, 0.717) is 17.3 Å². The normalized spacial score (nSPS) is 11.8. The highest BCUT2D eigenvalue weighted by Gasteiger charge is 2.15. The van der Waals surface area contributed by atoms with Gasteiger partial charge >= 0.3 is 6.03 Å². The number of carbonyl (C=O) groups is 1. The zero-order valence-electron chi connectivity index (χ0n) is 13.5. The average Bonchev–Trinajstić information content (AvgIpc) is 2.57. The van der Waals surface area contributed by atoms with Gasteiger partial charge in [0.2, 0.25) is 0 Å². The highest BCUT2D eigenvalue weighted by molar-refractivity contribution is 6.33. The number of nitrogens with zero attached hydrogens (tertiary/aromatic N) is 1. The van der Waals surface area contributed by atoms with Crippen LogP contribution in [0.4, 0.5) is 10.5 Å². The van der Waals surface area contributed by atoms with Gasteiger partial charge in [0.25, 0.3) is 0 Å². The summed E-state index contributed by atoms with van der Waals surface area (Å²) >= 11 is 6.00. The molecule has 0 bridgehead atoms. The first-order valence-electron chi connectivity index (χ1n) is 7.62. The molecular formula is C18H21ClN2O3. The lowest BCUT2D eigenvalue weighted by Crippen LogP contribution is -2.38. The van der Waals surface area contributed by atoms with E-state index in [1.54, 1.807) is 31.3 Å². The van der Waals surface area contributed by atoms with Gasteiger partial charge in [0.15, 0.2) is 0 Å². The maximum absolute atomic E-state index is 12.1. The molecule has 2 rings (SSSR count). The molecule has 2 aromatic carbocycles. The molecule has 0 saturated heterocycles. The smallest absolute Gasteiger partial charge is 0.321 e. The van der Waals surface area contributed by atoms with Crippen LogP contribution in [0.5, 0.6) is 0 Å². The van der Waals surface area contributed by atoms with Gasteiger partial charge in [0, 0.05) is 7.05 Å². The molecule has 1 atom stereocenters. The topological polar surface area (TPSA) is 61.8 Å². The van der Waals surface area contributed by atoms with Gasteiger partial charge in [-0.15, -0.1) is 0 Å². The third-order valence-corrected chi connectivity index (χ3v) is 3.70. The molecule has 6 heteroatoms. The summed E-state index contributed by atoms with van der Waals surface area (Å²) in [5, 5.41) is 13.2. The van der Waals surface area contributed by atoms with E-state index in [9.17, 15) is 9.90 Å². The molecule has 0 spiro atoms. The number of rotatable bonds is 7. The first-order valence-corrected chi connectivity index (χ1v) is 8.00. The molecule has 0 saturated carbocycles. The fourth-order valence-corrected chi connectivity index (χ4v) is 2.29. The monoisotopic (exact) mass is 348 g/mol. The van der Waals surface area contributed by atoms with Crippen LogP contribution in [0.1, 0.15) is 5.56 Å². The maximum atomic E-state index is 12.1. The van der Waals surface area contributed by atoms with Crippen molar-refractivity contribution in [1.82, 2.24) is 4.90 Å². The van der Waals surface area contributed by atoms with Gasteiger partial charge < -0.3 is 20.1 Å². The van der Waals surface area contributed by atoms with Crippen molar-refractivity contribution in [3.05, 3.63) is 65.2 Å². The van der Waals surface area contributed by atoms with Crippen molar-refractivity contribution in [1.29, 1.82) is 0 Å². The van der Waals surface area contributed by atoms with E-state index < -0.39 is 6.10 Å². The van der Waals surface area contributed by atoms with Crippen LogP contribution >= 0.6 is 11.6 Å². The van der Waals surface area contributed by atoms with E-state index in [4.69, 9.17) is 16.3 Å². The number of carbonyl (C=O) groups excluding carboxylic acids is 1. The van der Waals surface area contributed by atoms with Crippen molar-refractivity contribution in [2.45, 2.75) is 12.7 Å². The van der Waals surface area contributed by atoms with Crippen LogP contribution in [0.25, 0.3) is 0 Å². The van der Waals surface area contributed by atoms with Gasteiger partial charge in [-0.2, -0.15) is 0 Å². The molecule has 0 unspecified atom stereocenters. The van der Waals surface area contributed by atoms with Crippen LogP contribution in [0, 0.1) is 0 Å². The number of anilines is 1. The Kier molecular flexibility index (Phi) is 7.06. The highest BCUT2D eigenvalue weighted by atomic mass is 35.5. The first kappa shape index (κ1) is 18.3. The molecule has 5 nitrogen and oxygen atoms in total. The Balaban J connectivity index is 1.73. The van der Waals surface area contributed by atoms with Gasteiger partial charge in [0.05, 0.1) is 36.6 Å². The van der Waals surface area contributed by atoms with Gasteiger partial charge in [-0.1, -0.05) is 54.1 Å². The van der Waals surface area contributed by atoms with Crippen molar-refractivity contribution >= 4 is 23.3 Å². The number of hydrogen-bond acceptors (Lipinski definition) is 3. The van der Waals surface area contributed by atoms with Gasteiger partial charge in [-0.3, -0.25) is 0 Å². The molecule has 128 valence electrons. The van der Waals surface area contributed by atoms with Crippen LogP contribution in [0.15, 0.2) is 54.6 Å². The van der Waals surface area contributed by atoms with Crippen LogP contribution in [0.3, 0.4) is 0 Å². The number of hydrogen-bond donors (Lipinski definition) is 2. The van der Waals surface area contributed by atoms with E-state index in [1.165, 1.54) is 4.90 Å². The van der Waals surface area contributed by atoms with E-state index in [1.807, 2.05) is 30.3 Å². The van der Waals surface area contributed by atoms with Gasteiger partial charge in [-0.05, 0) is 17.7 Å². The molecule has 0 aliphatic carbocycles. The number of nitrogens with one attached hydrogen (secondary N) is 1. The fraction of sp³-hybridized carbons (Fsp3) is 0.278. The second-order valence-electron chi connectivity index (χ2n) is 5.45. The van der Waals surface area contributed by atoms with Crippen LogP contribution in [-0.2, 0) is 11.3 Å². The van der Waals surface area contributed by atoms with E-state index >= 15 is 0 Å². The molecule has 2 N–H and O–H groups in total. The minimum atomic E-state index is -0.768. The molecule has 0 aliphatic rings. The van der Waals surface area contributed by atoms with Gasteiger partial charge in [0.1, 0.15) is 0 Å². The third kappa shape index (κ3) is 5.85. The Morgan fingerprint density at radius 3 is 2.58 bits per heavy atom. The zero-order chi connectivity index (χ0) is 17.4. The lowest BCUT2D eigenvalue weighted by molar-refractivity contribution is 0.0188. The largest absolute Gasteiger partial charge is 0.389 e. The summed E-state index contributed by atoms with van der Waals surface area (Å²) < 4.78 is 5.47. The lowest BCUT2D eigenvalue weighted by Gasteiger charge is -2.21. The van der Waals surface area contributed by atoms with Gasteiger partial charge in [-0.25, -0.2) is 4.79 Å². The molecular weight excluding hydrogens is 328 g/mol. The third-order valence-electron chi connectivity index (χ3n) is 3.37. The molecule has 0 heterocycles.